The van der Waals surface area contributed by atoms with Crippen LogP contribution in [0.5, 0.6) is 28.7 Å². The van der Waals surface area contributed by atoms with Crippen molar-refractivity contribution in [3.63, 3.8) is 0 Å². The number of carbonyl (C=O) groups excluding carboxylic acids is 2. The van der Waals surface area contributed by atoms with E-state index in [1.54, 1.807) is 18.2 Å². The Morgan fingerprint density at radius 2 is 1.33 bits per heavy atom. The number of benzene rings is 3. The molecule has 0 spiro atoms. The van der Waals surface area contributed by atoms with Crippen molar-refractivity contribution >= 4 is 22.5 Å². The van der Waals surface area contributed by atoms with Gasteiger partial charge in [-0.05, 0) is 37.3 Å². The lowest BCUT2D eigenvalue weighted by Gasteiger charge is -2.17. The summed E-state index contributed by atoms with van der Waals surface area (Å²) in [6.45, 7) is 0.981. The lowest BCUT2D eigenvalue weighted by molar-refractivity contribution is 0.0505. The summed E-state index contributed by atoms with van der Waals surface area (Å²) in [6.07, 6.45) is 0. The van der Waals surface area contributed by atoms with Crippen LogP contribution in [0.1, 0.15) is 27.6 Å². The van der Waals surface area contributed by atoms with Gasteiger partial charge in [-0.2, -0.15) is 0 Å². The van der Waals surface area contributed by atoms with Gasteiger partial charge in [0.1, 0.15) is 34.6 Å². The maximum absolute atomic E-state index is 14.7. The van der Waals surface area contributed by atoms with Crippen molar-refractivity contribution in [3.8, 4) is 28.7 Å². The molecule has 0 saturated carbocycles. The van der Waals surface area contributed by atoms with Crippen LogP contribution in [-0.4, -0.2) is 47.0 Å². The minimum atomic E-state index is -0.960. The van der Waals surface area contributed by atoms with Crippen molar-refractivity contribution in [3.05, 3.63) is 53.3 Å². The summed E-state index contributed by atoms with van der Waals surface area (Å²) < 4.78 is 46.7. The zero-order valence-electron chi connectivity index (χ0n) is 18.8. The summed E-state index contributed by atoms with van der Waals surface area (Å²) in [7, 11) is 5.84. The predicted octanol–water partition coefficient (Wildman–Crippen LogP) is 4.41. The standard InChI is InChI=1S/C24H23FO8/c1-13(26)21-15(10-14(11-16(21)25)32-12-28-2)24(27)33-20-9-8-18(30-4)22-17(29-3)6-7-19(31-5)23(20)22/h6-11H,12H2,1-5H3. The van der Waals surface area contributed by atoms with Crippen molar-refractivity contribution in [2.24, 2.45) is 0 Å². The van der Waals surface area contributed by atoms with Gasteiger partial charge in [-0.25, -0.2) is 9.18 Å². The lowest BCUT2D eigenvalue weighted by Crippen LogP contribution is -2.16. The molecule has 3 rings (SSSR count). The Balaban J connectivity index is 2.16. The number of ketones is 1. The van der Waals surface area contributed by atoms with Gasteiger partial charge >= 0.3 is 5.97 Å². The highest BCUT2D eigenvalue weighted by Gasteiger charge is 2.25. The molecule has 3 aromatic rings. The third-order valence-corrected chi connectivity index (χ3v) is 4.85. The van der Waals surface area contributed by atoms with E-state index in [1.165, 1.54) is 40.6 Å². The normalized spacial score (nSPS) is 10.6. The monoisotopic (exact) mass is 458 g/mol. The molecule has 0 aliphatic carbocycles. The first-order valence-electron chi connectivity index (χ1n) is 9.76. The maximum Gasteiger partial charge on any atom is 0.344 e. The molecule has 0 heterocycles. The van der Waals surface area contributed by atoms with E-state index in [1.807, 2.05) is 0 Å². The fourth-order valence-electron chi connectivity index (χ4n) is 3.43. The first-order valence-corrected chi connectivity index (χ1v) is 9.76. The summed E-state index contributed by atoms with van der Waals surface area (Å²) >= 11 is 0. The molecule has 8 nitrogen and oxygen atoms in total. The minimum Gasteiger partial charge on any atom is -0.496 e. The van der Waals surface area contributed by atoms with E-state index in [0.717, 1.165) is 13.0 Å². The third kappa shape index (κ3) is 4.68. The Morgan fingerprint density at radius 3 is 1.82 bits per heavy atom. The molecular formula is C24H23FO8. The second kappa shape index (κ2) is 10.2. The molecule has 0 aliphatic rings. The van der Waals surface area contributed by atoms with Gasteiger partial charge in [0.2, 0.25) is 0 Å². The van der Waals surface area contributed by atoms with Crippen LogP contribution < -0.4 is 23.7 Å². The second-order valence-electron chi connectivity index (χ2n) is 6.81. The van der Waals surface area contributed by atoms with Crippen LogP contribution in [0.4, 0.5) is 4.39 Å². The maximum atomic E-state index is 14.7. The number of methoxy groups -OCH3 is 4. The van der Waals surface area contributed by atoms with Gasteiger partial charge in [-0.1, -0.05) is 0 Å². The van der Waals surface area contributed by atoms with Crippen LogP contribution in [0.3, 0.4) is 0 Å². The summed E-state index contributed by atoms with van der Waals surface area (Å²) in [4.78, 5) is 25.2. The van der Waals surface area contributed by atoms with Gasteiger partial charge in [-0.15, -0.1) is 0 Å². The first kappa shape index (κ1) is 23.8. The smallest absolute Gasteiger partial charge is 0.344 e. The number of hydrogen-bond acceptors (Lipinski definition) is 8. The van der Waals surface area contributed by atoms with Crippen LogP contribution in [0.2, 0.25) is 0 Å². The van der Waals surface area contributed by atoms with Crippen LogP contribution in [0.15, 0.2) is 36.4 Å². The Hall–Kier alpha value is -3.85. The molecule has 0 N–H and O–H groups in total. The molecule has 33 heavy (non-hydrogen) atoms. The van der Waals surface area contributed by atoms with E-state index in [9.17, 15) is 14.0 Å². The van der Waals surface area contributed by atoms with E-state index in [4.69, 9.17) is 28.4 Å². The molecule has 0 bridgehead atoms. The number of esters is 1. The van der Waals surface area contributed by atoms with Crippen LogP contribution in [-0.2, 0) is 4.74 Å². The Kier molecular flexibility index (Phi) is 7.34. The summed E-state index contributed by atoms with van der Waals surface area (Å²) in [5.74, 6) is -1.09. The van der Waals surface area contributed by atoms with Gasteiger partial charge in [0, 0.05) is 13.2 Å². The van der Waals surface area contributed by atoms with Crippen LogP contribution in [0, 0.1) is 5.82 Å². The number of fused-ring (bicyclic) bond motifs is 1. The fraction of sp³-hybridized carbons (Fsp3) is 0.250. The van der Waals surface area contributed by atoms with Crippen LogP contribution in [0.25, 0.3) is 10.8 Å². The zero-order chi connectivity index (χ0) is 24.1. The highest BCUT2D eigenvalue weighted by molar-refractivity contribution is 6.08. The van der Waals surface area contributed by atoms with E-state index >= 15 is 0 Å². The number of halogens is 1. The molecule has 0 aromatic heterocycles. The summed E-state index contributed by atoms with van der Waals surface area (Å²) in [5.41, 5.74) is -0.702. The number of hydrogen-bond donors (Lipinski definition) is 0. The van der Waals surface area contributed by atoms with Crippen molar-refractivity contribution in [2.75, 3.05) is 35.2 Å². The first-order chi connectivity index (χ1) is 15.9. The van der Waals surface area contributed by atoms with Crippen LogP contribution >= 0.6 is 0 Å². The SMILES string of the molecule is COCOc1cc(F)c(C(C)=O)c(C(=O)Oc2ccc(OC)c3c(OC)ccc(OC)c23)c1. The largest absolute Gasteiger partial charge is 0.496 e. The number of ether oxygens (including phenoxy) is 6. The summed E-state index contributed by atoms with van der Waals surface area (Å²) in [5, 5.41) is 0.918. The number of carbonyl (C=O) groups is 2. The van der Waals surface area contributed by atoms with E-state index in [2.05, 4.69) is 0 Å². The molecule has 0 atom stereocenters. The molecule has 0 aliphatic heterocycles. The van der Waals surface area contributed by atoms with Gasteiger partial charge in [0.15, 0.2) is 12.6 Å². The molecule has 174 valence electrons. The van der Waals surface area contributed by atoms with Crippen molar-refractivity contribution in [1.29, 1.82) is 0 Å². The highest BCUT2D eigenvalue weighted by atomic mass is 19.1. The van der Waals surface area contributed by atoms with E-state index in [0.29, 0.717) is 28.0 Å². The van der Waals surface area contributed by atoms with Crippen molar-refractivity contribution < 1.29 is 42.4 Å². The topological polar surface area (TPSA) is 89.5 Å². The molecular weight excluding hydrogens is 435 g/mol. The average molecular weight is 458 g/mol. The quantitative estimate of drug-likeness (QED) is 0.202. The van der Waals surface area contributed by atoms with Gasteiger partial charge in [0.25, 0.3) is 0 Å². The molecule has 0 amide bonds. The van der Waals surface area contributed by atoms with Gasteiger partial charge < -0.3 is 28.4 Å². The number of rotatable bonds is 9. The van der Waals surface area contributed by atoms with Crippen molar-refractivity contribution in [1.82, 2.24) is 0 Å². The van der Waals surface area contributed by atoms with Gasteiger partial charge in [-0.3, -0.25) is 4.79 Å². The Labute approximate surface area is 189 Å². The summed E-state index contributed by atoms with van der Waals surface area (Å²) in [6, 6.07) is 8.68. The zero-order valence-corrected chi connectivity index (χ0v) is 18.8. The second-order valence-corrected chi connectivity index (χ2v) is 6.81. The molecule has 0 fully saturated rings. The molecule has 9 heteroatoms. The molecule has 3 aromatic carbocycles. The Morgan fingerprint density at radius 1 is 0.818 bits per heavy atom. The van der Waals surface area contributed by atoms with E-state index < -0.39 is 23.1 Å². The lowest BCUT2D eigenvalue weighted by atomic mass is 10.0. The van der Waals surface area contributed by atoms with E-state index in [-0.39, 0.29) is 23.9 Å². The highest BCUT2D eigenvalue weighted by Crippen LogP contribution is 2.44. The molecule has 0 radical (unpaired) electrons. The Bertz CT molecular complexity index is 1190. The molecule has 0 unspecified atom stereocenters. The average Bonchev–Trinajstić information content (AvgIpc) is 2.81. The molecule has 0 saturated heterocycles. The van der Waals surface area contributed by atoms with Crippen molar-refractivity contribution in [2.45, 2.75) is 6.92 Å². The third-order valence-electron chi connectivity index (χ3n) is 4.85. The van der Waals surface area contributed by atoms with Gasteiger partial charge in [0.05, 0.1) is 43.2 Å². The number of Topliss-reactive ketones (excluding diaryl/α,β-unsaturated/α-hetero) is 1. The minimum absolute atomic E-state index is 0.00476. The fourth-order valence-corrected chi connectivity index (χ4v) is 3.43. The predicted molar refractivity (Wildman–Crippen MR) is 117 cm³/mol.